The number of nitrogens with one attached hydrogen (secondary N) is 1. The Kier molecular flexibility index (Phi) is 6.84. The number of aryl methyl sites for hydroxylation is 1. The first-order valence-corrected chi connectivity index (χ1v) is 11.0. The standard InChI is InChI=1S/C25H22F3N5O4/c1-14-8-20(36-13-24(2,3)23(34)35)29-11-17(14)15-9-30-21(31-10-15)22-32-12-18(33-22)16-6-4-5-7-19(16)37-25(26,27)28/h4-12H,13H2,1-3H3,(H,32,33)(H,34,35). The van der Waals surface area contributed by atoms with Crippen LogP contribution < -0.4 is 9.47 Å². The number of nitrogens with zero attached hydrogens (tertiary/aromatic N) is 4. The van der Waals surface area contributed by atoms with E-state index < -0.39 is 17.7 Å². The monoisotopic (exact) mass is 513 g/mol. The third-order valence-corrected chi connectivity index (χ3v) is 5.40. The van der Waals surface area contributed by atoms with Crippen LogP contribution in [0.4, 0.5) is 13.2 Å². The highest BCUT2D eigenvalue weighted by Gasteiger charge is 2.32. The summed E-state index contributed by atoms with van der Waals surface area (Å²) in [7, 11) is 0. The Labute approximate surface area is 209 Å². The van der Waals surface area contributed by atoms with E-state index in [-0.39, 0.29) is 29.6 Å². The number of alkyl halides is 3. The normalized spacial score (nSPS) is 11.8. The number of carboxylic acids is 1. The summed E-state index contributed by atoms with van der Waals surface area (Å²) in [5, 5.41) is 9.22. The van der Waals surface area contributed by atoms with Crippen molar-refractivity contribution in [1.82, 2.24) is 24.9 Å². The molecule has 4 rings (SSSR count). The van der Waals surface area contributed by atoms with Crippen molar-refractivity contribution >= 4 is 5.97 Å². The largest absolute Gasteiger partial charge is 0.573 e. The number of H-pyrrole nitrogens is 1. The Bertz CT molecular complexity index is 1420. The van der Waals surface area contributed by atoms with Crippen LogP contribution in [0.2, 0.25) is 0 Å². The maximum Gasteiger partial charge on any atom is 0.573 e. The van der Waals surface area contributed by atoms with Crippen LogP contribution in [0, 0.1) is 12.3 Å². The summed E-state index contributed by atoms with van der Waals surface area (Å²) in [5.74, 6) is -0.524. The molecule has 0 aliphatic rings. The SMILES string of the molecule is Cc1cc(OCC(C)(C)C(=O)O)ncc1-c1cnc(-c2ncc(-c3ccccc3OC(F)(F)F)[nH]2)nc1. The molecule has 0 fully saturated rings. The van der Waals surface area contributed by atoms with Gasteiger partial charge in [-0.1, -0.05) is 12.1 Å². The summed E-state index contributed by atoms with van der Waals surface area (Å²) in [6, 6.07) is 7.42. The summed E-state index contributed by atoms with van der Waals surface area (Å²) in [5.41, 5.74) is 1.67. The fourth-order valence-electron chi connectivity index (χ4n) is 3.29. The van der Waals surface area contributed by atoms with E-state index >= 15 is 0 Å². The van der Waals surface area contributed by atoms with Crippen LogP contribution in [0.3, 0.4) is 0 Å². The lowest BCUT2D eigenvalue weighted by atomic mass is 9.95. The van der Waals surface area contributed by atoms with Crippen molar-refractivity contribution in [3.8, 4) is 45.7 Å². The molecule has 0 radical (unpaired) electrons. The van der Waals surface area contributed by atoms with Crippen molar-refractivity contribution in [3.63, 3.8) is 0 Å². The smallest absolute Gasteiger partial charge is 0.481 e. The van der Waals surface area contributed by atoms with Gasteiger partial charge in [0.05, 0.1) is 17.3 Å². The maximum atomic E-state index is 12.7. The number of aromatic nitrogens is 5. The molecular formula is C25H22F3N5O4. The molecule has 2 N–H and O–H groups in total. The molecule has 0 saturated carbocycles. The number of rotatable bonds is 8. The first kappa shape index (κ1) is 25.6. The number of para-hydroxylation sites is 1. The highest BCUT2D eigenvalue weighted by molar-refractivity contribution is 5.74. The van der Waals surface area contributed by atoms with Crippen LogP contribution >= 0.6 is 0 Å². The number of carboxylic acid groups (broad SMARTS) is 1. The third kappa shape index (κ3) is 6.02. The van der Waals surface area contributed by atoms with Gasteiger partial charge in [-0.3, -0.25) is 4.79 Å². The minimum atomic E-state index is -4.83. The molecule has 4 aromatic rings. The Morgan fingerprint density at radius 1 is 1.00 bits per heavy atom. The molecule has 0 amide bonds. The summed E-state index contributed by atoms with van der Waals surface area (Å²) in [6.07, 6.45) is 1.28. The van der Waals surface area contributed by atoms with Crippen molar-refractivity contribution in [2.75, 3.05) is 6.61 Å². The van der Waals surface area contributed by atoms with Gasteiger partial charge >= 0.3 is 12.3 Å². The molecule has 9 nitrogen and oxygen atoms in total. The molecule has 0 unspecified atom stereocenters. The van der Waals surface area contributed by atoms with Crippen molar-refractivity contribution in [3.05, 3.63) is 60.7 Å². The second-order valence-corrected chi connectivity index (χ2v) is 8.80. The van der Waals surface area contributed by atoms with E-state index in [2.05, 4.69) is 29.7 Å². The minimum Gasteiger partial charge on any atom is -0.481 e. The van der Waals surface area contributed by atoms with Crippen molar-refractivity contribution < 1.29 is 32.5 Å². The van der Waals surface area contributed by atoms with Gasteiger partial charge in [-0.05, 0) is 38.5 Å². The minimum absolute atomic E-state index is 0.0378. The quantitative estimate of drug-likeness (QED) is 0.326. The highest BCUT2D eigenvalue weighted by atomic mass is 19.4. The van der Waals surface area contributed by atoms with Crippen LogP contribution in [0.1, 0.15) is 19.4 Å². The van der Waals surface area contributed by atoms with E-state index in [1.807, 2.05) is 6.92 Å². The molecule has 0 aliphatic carbocycles. The van der Waals surface area contributed by atoms with E-state index in [1.54, 1.807) is 44.6 Å². The zero-order chi connectivity index (χ0) is 26.8. The number of hydrogen-bond donors (Lipinski definition) is 2. The lowest BCUT2D eigenvalue weighted by Crippen LogP contribution is -2.30. The molecule has 3 aromatic heterocycles. The highest BCUT2D eigenvalue weighted by Crippen LogP contribution is 2.33. The summed E-state index contributed by atoms with van der Waals surface area (Å²) >= 11 is 0. The number of carbonyl (C=O) groups is 1. The number of imidazole rings is 1. The molecule has 3 heterocycles. The Morgan fingerprint density at radius 3 is 2.35 bits per heavy atom. The van der Waals surface area contributed by atoms with Gasteiger partial charge in [-0.25, -0.2) is 19.9 Å². The van der Waals surface area contributed by atoms with Gasteiger partial charge in [-0.2, -0.15) is 0 Å². The van der Waals surface area contributed by atoms with Crippen LogP contribution in [0.25, 0.3) is 34.0 Å². The number of hydrogen-bond acceptors (Lipinski definition) is 7. The number of halogens is 3. The molecule has 12 heteroatoms. The Hall–Kier alpha value is -4.48. The molecular weight excluding hydrogens is 491 g/mol. The predicted octanol–water partition coefficient (Wildman–Crippen LogP) is 5.29. The van der Waals surface area contributed by atoms with E-state index in [0.717, 1.165) is 11.1 Å². The number of aliphatic carboxylic acids is 1. The number of ether oxygens (including phenoxy) is 2. The van der Waals surface area contributed by atoms with Gasteiger partial charge in [0.25, 0.3) is 0 Å². The van der Waals surface area contributed by atoms with Crippen LogP contribution in [-0.4, -0.2) is 49.0 Å². The predicted molar refractivity (Wildman–Crippen MR) is 127 cm³/mol. The summed E-state index contributed by atoms with van der Waals surface area (Å²) in [6.45, 7) is 4.93. The molecule has 192 valence electrons. The van der Waals surface area contributed by atoms with E-state index in [0.29, 0.717) is 17.1 Å². The fraction of sp³-hybridized carbons (Fsp3) is 0.240. The van der Waals surface area contributed by atoms with Gasteiger partial charge < -0.3 is 19.6 Å². The maximum absolute atomic E-state index is 12.7. The van der Waals surface area contributed by atoms with E-state index in [1.165, 1.54) is 24.4 Å². The molecule has 0 bridgehead atoms. The lowest BCUT2D eigenvalue weighted by molar-refractivity contribution is -0.274. The van der Waals surface area contributed by atoms with Gasteiger partial charge in [-0.15, -0.1) is 13.2 Å². The van der Waals surface area contributed by atoms with Crippen molar-refractivity contribution in [2.45, 2.75) is 27.1 Å². The average molecular weight is 513 g/mol. The molecule has 0 saturated heterocycles. The topological polar surface area (TPSA) is 123 Å². The first-order valence-electron chi connectivity index (χ1n) is 11.0. The Morgan fingerprint density at radius 2 is 1.70 bits per heavy atom. The molecule has 37 heavy (non-hydrogen) atoms. The zero-order valence-electron chi connectivity index (χ0n) is 20.0. The number of pyridine rings is 1. The van der Waals surface area contributed by atoms with E-state index in [4.69, 9.17) is 4.74 Å². The van der Waals surface area contributed by atoms with Gasteiger partial charge in [0.1, 0.15) is 12.4 Å². The summed E-state index contributed by atoms with van der Waals surface area (Å²) in [4.78, 5) is 31.3. The van der Waals surface area contributed by atoms with Crippen LogP contribution in [0.5, 0.6) is 11.6 Å². The average Bonchev–Trinajstić information content (AvgIpc) is 3.32. The van der Waals surface area contributed by atoms with Crippen molar-refractivity contribution in [1.29, 1.82) is 0 Å². The molecule has 0 spiro atoms. The first-order chi connectivity index (χ1) is 17.4. The van der Waals surface area contributed by atoms with Gasteiger partial charge in [0.2, 0.25) is 5.88 Å². The second-order valence-electron chi connectivity index (χ2n) is 8.80. The lowest BCUT2D eigenvalue weighted by Gasteiger charge is -2.19. The molecule has 1 aromatic carbocycles. The van der Waals surface area contributed by atoms with Gasteiger partial charge in [0, 0.05) is 41.3 Å². The zero-order valence-corrected chi connectivity index (χ0v) is 20.0. The number of aromatic amines is 1. The molecule has 0 atom stereocenters. The fourth-order valence-corrected chi connectivity index (χ4v) is 3.29. The van der Waals surface area contributed by atoms with E-state index in [9.17, 15) is 23.1 Å². The number of benzene rings is 1. The summed E-state index contributed by atoms with van der Waals surface area (Å²) < 4.78 is 47.9. The molecule has 0 aliphatic heterocycles. The van der Waals surface area contributed by atoms with Crippen molar-refractivity contribution in [2.24, 2.45) is 5.41 Å². The van der Waals surface area contributed by atoms with Crippen LogP contribution in [0.15, 0.2) is 55.1 Å². The third-order valence-electron chi connectivity index (χ3n) is 5.40. The Balaban J connectivity index is 1.51. The van der Waals surface area contributed by atoms with Gasteiger partial charge in [0.15, 0.2) is 11.6 Å². The second kappa shape index (κ2) is 9.88. The van der Waals surface area contributed by atoms with Crippen LogP contribution in [-0.2, 0) is 4.79 Å².